The third kappa shape index (κ3) is 3.46. The summed E-state index contributed by atoms with van der Waals surface area (Å²) in [5.74, 6) is 0.349. The molecule has 0 aliphatic carbocycles. The van der Waals surface area contributed by atoms with Gasteiger partial charge >= 0.3 is 12.0 Å². The summed E-state index contributed by atoms with van der Waals surface area (Å²) in [4.78, 5) is 28.1. The largest absolute Gasteiger partial charge is 0.480 e. The average molecular weight is 314 g/mol. The Labute approximate surface area is 126 Å². The fourth-order valence-electron chi connectivity index (χ4n) is 2.12. The standard InChI is InChI=1S/C13H18N2O3S2/c1-2-14(8-10-4-3-6-20-10)13(18)15-5-7-19-9-11(15)12(16)17/h3-4,6,11H,2,5,7-9H2,1H3,(H,16,17). The van der Waals surface area contributed by atoms with E-state index in [4.69, 9.17) is 0 Å². The normalized spacial score (nSPS) is 18.9. The number of thiophene rings is 1. The second-order valence-electron chi connectivity index (χ2n) is 4.50. The zero-order chi connectivity index (χ0) is 14.5. The van der Waals surface area contributed by atoms with E-state index < -0.39 is 12.0 Å². The Morgan fingerprint density at radius 1 is 1.55 bits per heavy atom. The van der Waals surface area contributed by atoms with Gasteiger partial charge in [0.05, 0.1) is 6.54 Å². The molecule has 1 N–H and O–H groups in total. The van der Waals surface area contributed by atoms with Crippen molar-refractivity contribution in [1.29, 1.82) is 0 Å². The highest BCUT2D eigenvalue weighted by molar-refractivity contribution is 7.99. The highest BCUT2D eigenvalue weighted by Gasteiger charge is 2.34. The topological polar surface area (TPSA) is 60.9 Å². The van der Waals surface area contributed by atoms with Gasteiger partial charge in [0.2, 0.25) is 0 Å². The summed E-state index contributed by atoms with van der Waals surface area (Å²) in [7, 11) is 0. The number of nitrogens with zero attached hydrogens (tertiary/aromatic N) is 2. The van der Waals surface area contributed by atoms with Crippen molar-refractivity contribution in [2.45, 2.75) is 19.5 Å². The monoisotopic (exact) mass is 314 g/mol. The first kappa shape index (κ1) is 15.2. The van der Waals surface area contributed by atoms with Crippen LogP contribution in [0, 0.1) is 0 Å². The van der Waals surface area contributed by atoms with Crippen molar-refractivity contribution in [2.75, 3.05) is 24.6 Å². The highest BCUT2D eigenvalue weighted by Crippen LogP contribution is 2.20. The maximum absolute atomic E-state index is 12.6. The zero-order valence-electron chi connectivity index (χ0n) is 11.3. The van der Waals surface area contributed by atoms with E-state index in [1.54, 1.807) is 28.0 Å². The lowest BCUT2D eigenvalue weighted by Crippen LogP contribution is -2.54. The lowest BCUT2D eigenvalue weighted by molar-refractivity contribution is -0.141. The van der Waals surface area contributed by atoms with Crippen LogP contribution in [0.1, 0.15) is 11.8 Å². The molecule has 0 saturated carbocycles. The number of hydrogen-bond donors (Lipinski definition) is 1. The van der Waals surface area contributed by atoms with E-state index in [0.29, 0.717) is 25.4 Å². The zero-order valence-corrected chi connectivity index (χ0v) is 13.0. The molecule has 0 bridgehead atoms. The van der Waals surface area contributed by atoms with Crippen LogP contribution >= 0.6 is 23.1 Å². The molecule has 1 saturated heterocycles. The van der Waals surface area contributed by atoms with Gasteiger partial charge in [0.1, 0.15) is 6.04 Å². The van der Waals surface area contributed by atoms with Crippen LogP contribution in [0.2, 0.25) is 0 Å². The summed E-state index contributed by atoms with van der Waals surface area (Å²) in [5.41, 5.74) is 0. The molecule has 1 fully saturated rings. The predicted octanol–water partition coefficient (Wildman–Crippen LogP) is 2.19. The summed E-state index contributed by atoms with van der Waals surface area (Å²) in [6.07, 6.45) is 0. The molecular formula is C13H18N2O3S2. The number of urea groups is 1. The van der Waals surface area contributed by atoms with Gasteiger partial charge in [-0.05, 0) is 18.4 Å². The van der Waals surface area contributed by atoms with Gasteiger partial charge in [0.25, 0.3) is 0 Å². The molecule has 1 aromatic rings. The van der Waals surface area contributed by atoms with E-state index in [-0.39, 0.29) is 6.03 Å². The first-order chi connectivity index (χ1) is 9.63. The van der Waals surface area contributed by atoms with Gasteiger partial charge in [-0.25, -0.2) is 9.59 Å². The van der Waals surface area contributed by atoms with E-state index in [0.717, 1.165) is 10.6 Å². The Hall–Kier alpha value is -1.21. The first-order valence-corrected chi connectivity index (χ1v) is 8.55. The van der Waals surface area contributed by atoms with Crippen molar-refractivity contribution in [3.8, 4) is 0 Å². The number of thioether (sulfide) groups is 1. The number of aliphatic carboxylic acids is 1. The van der Waals surface area contributed by atoms with E-state index in [2.05, 4.69) is 0 Å². The minimum Gasteiger partial charge on any atom is -0.480 e. The van der Waals surface area contributed by atoms with Crippen molar-refractivity contribution in [3.63, 3.8) is 0 Å². The molecule has 7 heteroatoms. The number of carbonyl (C=O) groups excluding carboxylic acids is 1. The van der Waals surface area contributed by atoms with Crippen LogP contribution in [0.5, 0.6) is 0 Å². The molecule has 110 valence electrons. The second kappa shape index (κ2) is 6.99. The minimum absolute atomic E-state index is 0.173. The molecule has 2 heterocycles. The van der Waals surface area contributed by atoms with Crippen LogP contribution in [0.15, 0.2) is 17.5 Å². The summed E-state index contributed by atoms with van der Waals surface area (Å²) in [6.45, 7) is 3.54. The van der Waals surface area contributed by atoms with E-state index in [1.165, 1.54) is 4.90 Å². The fourth-order valence-corrected chi connectivity index (χ4v) is 3.88. The molecule has 1 unspecified atom stereocenters. The quantitative estimate of drug-likeness (QED) is 0.925. The van der Waals surface area contributed by atoms with Gasteiger partial charge in [0, 0.05) is 29.5 Å². The lowest BCUT2D eigenvalue weighted by atomic mass is 10.3. The Balaban J connectivity index is 2.08. The van der Waals surface area contributed by atoms with E-state index in [9.17, 15) is 14.7 Å². The maximum Gasteiger partial charge on any atom is 0.327 e. The average Bonchev–Trinajstić information content (AvgIpc) is 2.97. The van der Waals surface area contributed by atoms with Gasteiger partial charge in [-0.15, -0.1) is 11.3 Å². The van der Waals surface area contributed by atoms with E-state index in [1.807, 2.05) is 24.4 Å². The third-order valence-electron chi connectivity index (χ3n) is 3.24. The molecule has 0 aromatic carbocycles. The Bertz CT molecular complexity index is 464. The number of amides is 2. The Kier molecular flexibility index (Phi) is 5.31. The lowest BCUT2D eigenvalue weighted by Gasteiger charge is -2.36. The van der Waals surface area contributed by atoms with Crippen LogP contribution in [0.3, 0.4) is 0 Å². The van der Waals surface area contributed by atoms with E-state index >= 15 is 0 Å². The summed E-state index contributed by atoms with van der Waals surface area (Å²) < 4.78 is 0. The van der Waals surface area contributed by atoms with Gasteiger partial charge in [-0.1, -0.05) is 6.07 Å². The molecule has 1 aliphatic heterocycles. The number of hydrogen-bond acceptors (Lipinski definition) is 4. The van der Waals surface area contributed by atoms with Crippen molar-refractivity contribution in [2.24, 2.45) is 0 Å². The van der Waals surface area contributed by atoms with Crippen molar-refractivity contribution in [1.82, 2.24) is 9.80 Å². The first-order valence-electron chi connectivity index (χ1n) is 6.52. The Morgan fingerprint density at radius 3 is 2.95 bits per heavy atom. The number of carboxylic acid groups (broad SMARTS) is 1. The third-order valence-corrected chi connectivity index (χ3v) is 5.12. The summed E-state index contributed by atoms with van der Waals surface area (Å²) in [5, 5.41) is 11.2. The molecule has 1 aliphatic rings. The van der Waals surface area contributed by atoms with Crippen LogP contribution in [0.25, 0.3) is 0 Å². The number of rotatable bonds is 4. The molecule has 2 amide bonds. The SMILES string of the molecule is CCN(Cc1cccs1)C(=O)N1CCSCC1C(=O)O. The van der Waals surface area contributed by atoms with Crippen LogP contribution in [-0.4, -0.2) is 57.5 Å². The molecule has 20 heavy (non-hydrogen) atoms. The van der Waals surface area contributed by atoms with Crippen LogP contribution in [0.4, 0.5) is 4.79 Å². The number of carboxylic acids is 1. The molecule has 2 rings (SSSR count). The summed E-state index contributed by atoms with van der Waals surface area (Å²) in [6, 6.07) is 3.06. The van der Waals surface area contributed by atoms with Crippen LogP contribution < -0.4 is 0 Å². The predicted molar refractivity (Wildman–Crippen MR) is 81.3 cm³/mol. The van der Waals surface area contributed by atoms with Gasteiger partial charge < -0.3 is 14.9 Å². The highest BCUT2D eigenvalue weighted by atomic mass is 32.2. The van der Waals surface area contributed by atoms with Gasteiger partial charge in [-0.2, -0.15) is 11.8 Å². The number of carbonyl (C=O) groups is 2. The maximum atomic E-state index is 12.6. The van der Waals surface area contributed by atoms with Gasteiger partial charge in [-0.3, -0.25) is 0 Å². The fraction of sp³-hybridized carbons (Fsp3) is 0.538. The molecule has 1 atom stereocenters. The molecule has 0 radical (unpaired) electrons. The smallest absolute Gasteiger partial charge is 0.327 e. The molecule has 5 nitrogen and oxygen atoms in total. The van der Waals surface area contributed by atoms with Crippen molar-refractivity contribution >= 4 is 35.1 Å². The van der Waals surface area contributed by atoms with Crippen LogP contribution in [-0.2, 0) is 11.3 Å². The Morgan fingerprint density at radius 2 is 2.35 bits per heavy atom. The second-order valence-corrected chi connectivity index (χ2v) is 6.68. The van der Waals surface area contributed by atoms with Crippen molar-refractivity contribution in [3.05, 3.63) is 22.4 Å². The summed E-state index contributed by atoms with van der Waals surface area (Å²) >= 11 is 3.19. The molecular weight excluding hydrogens is 296 g/mol. The minimum atomic E-state index is -0.919. The van der Waals surface area contributed by atoms with Crippen molar-refractivity contribution < 1.29 is 14.7 Å². The van der Waals surface area contributed by atoms with Gasteiger partial charge in [0.15, 0.2) is 0 Å². The molecule has 1 aromatic heterocycles. The molecule has 0 spiro atoms.